The number of allylic oxidation sites excluding steroid dienone is 2. The van der Waals surface area contributed by atoms with Crippen LogP contribution >= 0.6 is 0 Å². The van der Waals surface area contributed by atoms with Gasteiger partial charge in [-0.1, -0.05) is 39.3 Å². The lowest BCUT2D eigenvalue weighted by molar-refractivity contribution is -0.240. The zero-order chi connectivity index (χ0) is 26.6. The molecule has 4 aliphatic carbocycles. The number of carbonyl (C=O) groups is 1. The predicted octanol–water partition coefficient (Wildman–Crippen LogP) is 5.27. The quantitative estimate of drug-likeness (QED) is 0.322. The number of methoxy groups -OCH3 is 1. The highest BCUT2D eigenvalue weighted by Crippen LogP contribution is 2.74. The Morgan fingerprint density at radius 3 is 2.36 bits per heavy atom. The fourth-order valence-electron chi connectivity index (χ4n) is 10.1. The Hall–Kier alpha value is -0.950. The van der Waals surface area contributed by atoms with Gasteiger partial charge in [-0.25, -0.2) is 0 Å². The van der Waals surface area contributed by atoms with E-state index < -0.39 is 18.0 Å². The molecule has 36 heavy (non-hydrogen) atoms. The van der Waals surface area contributed by atoms with Gasteiger partial charge < -0.3 is 24.8 Å². The molecule has 0 aromatic carbocycles. The molecule has 0 saturated heterocycles. The molecule has 4 unspecified atom stereocenters. The summed E-state index contributed by atoms with van der Waals surface area (Å²) in [5.41, 5.74) is 0.804. The number of aliphatic carboxylic acids is 1. The number of aliphatic hydroxyl groups excluding tert-OH is 2. The van der Waals surface area contributed by atoms with Crippen molar-refractivity contribution in [3.05, 3.63) is 11.6 Å². The van der Waals surface area contributed by atoms with Crippen LogP contribution in [0.1, 0.15) is 86.5 Å². The number of ether oxygens (including phenoxy) is 2. The van der Waals surface area contributed by atoms with Crippen LogP contribution < -0.4 is 0 Å². The van der Waals surface area contributed by atoms with E-state index in [1.807, 2.05) is 19.9 Å². The second kappa shape index (κ2) is 9.98. The van der Waals surface area contributed by atoms with Crippen molar-refractivity contribution < 1.29 is 29.6 Å². The summed E-state index contributed by atoms with van der Waals surface area (Å²) in [6, 6.07) is 0. The van der Waals surface area contributed by atoms with Crippen LogP contribution in [0.25, 0.3) is 0 Å². The minimum absolute atomic E-state index is 0.0335. The first-order valence-electron chi connectivity index (χ1n) is 14.1. The number of carboxylic acids is 1. The van der Waals surface area contributed by atoms with E-state index in [-0.39, 0.29) is 58.9 Å². The van der Waals surface area contributed by atoms with E-state index >= 15 is 0 Å². The number of carboxylic acid groups (broad SMARTS) is 1. The maximum Gasteiger partial charge on any atom is 0.307 e. The van der Waals surface area contributed by atoms with E-state index in [9.17, 15) is 20.1 Å². The molecule has 0 spiro atoms. The third-order valence-corrected chi connectivity index (χ3v) is 11.9. The highest BCUT2D eigenvalue weighted by atomic mass is 16.7. The molecule has 6 nitrogen and oxygen atoms in total. The molecule has 0 aromatic rings. The first-order chi connectivity index (χ1) is 16.8. The number of hydrogen-bond donors (Lipinski definition) is 3. The average Bonchev–Trinajstić information content (AvgIpc) is 3.07. The average molecular weight is 507 g/mol. The molecule has 0 amide bonds. The lowest BCUT2D eigenvalue weighted by Gasteiger charge is -2.69. The van der Waals surface area contributed by atoms with Gasteiger partial charge in [-0.15, -0.1) is 0 Å². The van der Waals surface area contributed by atoms with Crippen LogP contribution in [-0.2, 0) is 14.3 Å². The third-order valence-electron chi connectivity index (χ3n) is 11.9. The Bertz CT molecular complexity index is 852. The first-order valence-corrected chi connectivity index (χ1v) is 14.1. The second-order valence-electron chi connectivity index (χ2n) is 13.7. The van der Waals surface area contributed by atoms with Gasteiger partial charge in [0.15, 0.2) is 0 Å². The largest absolute Gasteiger partial charge is 0.481 e. The van der Waals surface area contributed by atoms with Gasteiger partial charge in [0.2, 0.25) is 0 Å². The maximum atomic E-state index is 12.6. The molecule has 0 heterocycles. The van der Waals surface area contributed by atoms with Crippen LogP contribution in [-0.4, -0.2) is 53.5 Å². The molecule has 3 N–H and O–H groups in total. The summed E-state index contributed by atoms with van der Waals surface area (Å²) in [6.45, 7) is 13.5. The Morgan fingerprint density at radius 1 is 1.06 bits per heavy atom. The zero-order valence-corrected chi connectivity index (χ0v) is 23.5. The van der Waals surface area contributed by atoms with Crippen molar-refractivity contribution >= 4 is 5.97 Å². The van der Waals surface area contributed by atoms with E-state index in [1.165, 1.54) is 0 Å². The molecule has 4 fully saturated rings. The lowest BCUT2D eigenvalue weighted by Crippen LogP contribution is -2.66. The SMILES string of the molecule is COCO[C@H]1C[C@@]2(C)C(CC(O)C3[C@@]4(C)CC[C@@H](O)[C@@H](C)C4CC[C@@]32C)[C@H]1[C@@H](CC=C(C)C)C(=O)O. The first kappa shape index (κ1) is 28.1. The monoisotopic (exact) mass is 506 g/mol. The predicted molar refractivity (Wildman–Crippen MR) is 139 cm³/mol. The molecule has 4 aliphatic rings. The number of aliphatic hydroxyl groups is 2. The van der Waals surface area contributed by atoms with Gasteiger partial charge >= 0.3 is 5.97 Å². The highest BCUT2D eigenvalue weighted by Gasteiger charge is 2.71. The van der Waals surface area contributed by atoms with Gasteiger partial charge in [0.1, 0.15) is 6.79 Å². The maximum absolute atomic E-state index is 12.6. The van der Waals surface area contributed by atoms with Crippen molar-refractivity contribution in [2.24, 2.45) is 51.8 Å². The standard InChI is InChI=1S/C30H50O6/c1-17(2)8-9-19(27(33)34)25-21-14-23(32)26-28(4)12-11-22(31)18(3)20(28)10-13-29(26,5)30(21,6)15-24(25)36-16-35-7/h8,18-26,31-32H,9-16H2,1-7H3,(H,33,34)/t18-,19+,20?,21?,22+,23?,24-,25+,26?,28-,29-,30-/m0/s1. The zero-order valence-electron chi connectivity index (χ0n) is 23.5. The van der Waals surface area contributed by atoms with Crippen molar-refractivity contribution in [2.75, 3.05) is 13.9 Å². The molecule has 0 aliphatic heterocycles. The highest BCUT2D eigenvalue weighted by molar-refractivity contribution is 5.71. The van der Waals surface area contributed by atoms with Crippen molar-refractivity contribution in [3.8, 4) is 0 Å². The molecule has 0 aromatic heterocycles. The smallest absolute Gasteiger partial charge is 0.307 e. The molecule has 206 valence electrons. The molecule has 4 rings (SSSR count). The van der Waals surface area contributed by atoms with Gasteiger partial charge in [-0.05, 0) is 98.7 Å². The molecule has 6 heteroatoms. The summed E-state index contributed by atoms with van der Waals surface area (Å²) in [5.74, 6) is -0.685. The van der Waals surface area contributed by atoms with Crippen molar-refractivity contribution in [3.63, 3.8) is 0 Å². The van der Waals surface area contributed by atoms with Gasteiger partial charge in [-0.2, -0.15) is 0 Å². The van der Waals surface area contributed by atoms with Crippen molar-refractivity contribution in [1.29, 1.82) is 0 Å². The summed E-state index contributed by atoms with van der Waals surface area (Å²) < 4.78 is 11.5. The van der Waals surface area contributed by atoms with Crippen LogP contribution in [0.4, 0.5) is 0 Å². The summed E-state index contributed by atoms with van der Waals surface area (Å²) in [6.07, 6.45) is 6.74. The van der Waals surface area contributed by atoms with E-state index in [4.69, 9.17) is 9.47 Å². The minimum atomic E-state index is -0.778. The summed E-state index contributed by atoms with van der Waals surface area (Å²) in [4.78, 5) is 12.6. The Labute approximate surface area is 217 Å². The summed E-state index contributed by atoms with van der Waals surface area (Å²) in [7, 11) is 1.61. The molecule has 12 atom stereocenters. The molecule has 0 bridgehead atoms. The topological polar surface area (TPSA) is 96.2 Å². The van der Waals surface area contributed by atoms with Gasteiger partial charge in [0, 0.05) is 13.0 Å². The molecular weight excluding hydrogens is 456 g/mol. The van der Waals surface area contributed by atoms with Gasteiger partial charge in [-0.3, -0.25) is 4.79 Å². The Kier molecular flexibility index (Phi) is 7.78. The Balaban J connectivity index is 1.76. The molecule has 0 radical (unpaired) electrons. The minimum Gasteiger partial charge on any atom is -0.481 e. The number of rotatable bonds is 7. The van der Waals surface area contributed by atoms with Crippen LogP contribution in [0.3, 0.4) is 0 Å². The van der Waals surface area contributed by atoms with Crippen LogP contribution in [0.5, 0.6) is 0 Å². The normalized spacial score (nSPS) is 48.9. The van der Waals surface area contributed by atoms with Crippen LogP contribution in [0.2, 0.25) is 0 Å². The van der Waals surface area contributed by atoms with E-state index in [2.05, 4.69) is 27.7 Å². The molecular formula is C30H50O6. The van der Waals surface area contributed by atoms with E-state index in [0.717, 1.165) is 37.7 Å². The fourth-order valence-corrected chi connectivity index (χ4v) is 10.1. The van der Waals surface area contributed by atoms with Crippen LogP contribution in [0, 0.1) is 51.8 Å². The third kappa shape index (κ3) is 4.19. The molecule has 4 saturated carbocycles. The summed E-state index contributed by atoms with van der Waals surface area (Å²) in [5, 5.41) is 33.0. The van der Waals surface area contributed by atoms with Gasteiger partial charge in [0.25, 0.3) is 0 Å². The summed E-state index contributed by atoms with van der Waals surface area (Å²) >= 11 is 0. The van der Waals surface area contributed by atoms with Crippen molar-refractivity contribution in [2.45, 2.75) is 105 Å². The number of fused-ring (bicyclic) bond motifs is 5. The second-order valence-corrected chi connectivity index (χ2v) is 13.7. The van der Waals surface area contributed by atoms with Gasteiger partial charge in [0.05, 0.1) is 24.2 Å². The van der Waals surface area contributed by atoms with Crippen molar-refractivity contribution in [1.82, 2.24) is 0 Å². The fraction of sp³-hybridized carbons (Fsp3) is 0.900. The van der Waals surface area contributed by atoms with E-state index in [0.29, 0.717) is 18.8 Å². The lowest BCUT2D eigenvalue weighted by atomic mass is 9.36. The van der Waals surface area contributed by atoms with E-state index in [1.54, 1.807) is 7.11 Å². The Morgan fingerprint density at radius 2 is 1.75 bits per heavy atom. The number of hydrogen-bond acceptors (Lipinski definition) is 5. The van der Waals surface area contributed by atoms with Crippen LogP contribution in [0.15, 0.2) is 11.6 Å².